The molecule has 0 unspecified atom stereocenters. The predicted octanol–water partition coefficient (Wildman–Crippen LogP) is 6.67. The minimum Gasteiger partial charge on any atom is -0.320 e. The predicted molar refractivity (Wildman–Crippen MR) is 142 cm³/mol. The van der Waals surface area contributed by atoms with Gasteiger partial charge >= 0.3 is 0 Å². The fraction of sp³-hybridized carbons (Fsp3) is 0.0625. The van der Waals surface area contributed by atoms with E-state index in [1.165, 1.54) is 0 Å². The zero-order valence-corrected chi connectivity index (χ0v) is 19.2. The number of hydrogen-bond donors (Lipinski definition) is 2. The van der Waals surface area contributed by atoms with E-state index in [4.69, 9.17) is 11.5 Å². The fourth-order valence-corrected chi connectivity index (χ4v) is 4.12. The van der Waals surface area contributed by atoms with Crippen LogP contribution in [0.3, 0.4) is 0 Å². The van der Waals surface area contributed by atoms with Crippen molar-refractivity contribution in [2.45, 2.75) is 11.6 Å². The van der Waals surface area contributed by atoms with E-state index >= 15 is 0 Å². The van der Waals surface area contributed by atoms with Gasteiger partial charge in [-0.05, 0) is 27.8 Å². The van der Waals surface area contributed by atoms with Gasteiger partial charge in [0.1, 0.15) is 0 Å². The molecule has 0 saturated heterocycles. The van der Waals surface area contributed by atoms with Crippen molar-refractivity contribution in [3.63, 3.8) is 0 Å². The summed E-state index contributed by atoms with van der Waals surface area (Å²) in [5.41, 5.74) is 17.9. The molecule has 4 N–H and O–H groups in total. The highest BCUT2D eigenvalue weighted by Gasteiger charge is 2.31. The first kappa shape index (κ1) is 23.2. The van der Waals surface area contributed by atoms with Crippen LogP contribution in [0, 0.1) is 0 Å². The average molecular weight is 443 g/mol. The number of hydrogen-bond acceptors (Lipinski definition) is 2. The molecule has 2 nitrogen and oxygen atoms in total. The van der Waals surface area contributed by atoms with Crippen LogP contribution in [0.1, 0.15) is 33.9 Å². The Morgan fingerprint density at radius 3 is 0.882 bits per heavy atom. The number of benzene rings is 5. The first-order valence-electron chi connectivity index (χ1n) is 11.5. The Labute approximate surface area is 202 Å². The van der Waals surface area contributed by atoms with Crippen molar-refractivity contribution in [2.75, 3.05) is 0 Å². The third-order valence-corrected chi connectivity index (χ3v) is 6.00. The molecule has 0 aliphatic heterocycles. The normalized spacial score (nSPS) is 10.9. The van der Waals surface area contributed by atoms with Gasteiger partial charge in [-0.2, -0.15) is 0 Å². The van der Waals surface area contributed by atoms with Crippen LogP contribution < -0.4 is 11.5 Å². The van der Waals surface area contributed by atoms with Crippen molar-refractivity contribution < 1.29 is 0 Å². The zero-order valence-electron chi connectivity index (χ0n) is 19.2. The molecule has 0 fully saturated rings. The lowest BCUT2D eigenvalue weighted by Gasteiger charge is -2.31. The molecule has 0 bridgehead atoms. The van der Waals surface area contributed by atoms with Crippen LogP contribution in [-0.4, -0.2) is 0 Å². The van der Waals surface area contributed by atoms with Crippen molar-refractivity contribution in [3.05, 3.63) is 179 Å². The molecule has 0 aliphatic carbocycles. The highest BCUT2D eigenvalue weighted by Crippen LogP contribution is 2.33. The summed E-state index contributed by atoms with van der Waals surface area (Å²) in [5, 5.41) is 0. The maximum absolute atomic E-state index is 6.86. The van der Waals surface area contributed by atoms with E-state index in [2.05, 4.69) is 60.7 Å². The molecule has 2 heteroatoms. The summed E-state index contributed by atoms with van der Waals surface area (Å²) in [6.07, 6.45) is 0. The second kappa shape index (κ2) is 11.2. The standard InChI is InChI=1S/C19H17N.C13H13N/c20-19(16-10-4-1-5-11-16,17-12-6-2-7-13-17)18-14-8-3-9-15-18;14-13(11-7-3-1-4-8-11)12-9-5-2-6-10-12/h1-15H,20H2;1-10,13H,14H2. The quantitative estimate of drug-likeness (QED) is 0.299. The summed E-state index contributed by atoms with van der Waals surface area (Å²) >= 11 is 0. The Balaban J connectivity index is 0.000000172. The third-order valence-electron chi connectivity index (χ3n) is 6.00. The summed E-state index contributed by atoms with van der Waals surface area (Å²) in [6, 6.07) is 51.0. The van der Waals surface area contributed by atoms with Gasteiger partial charge in [0.05, 0.1) is 11.6 Å². The van der Waals surface area contributed by atoms with Crippen molar-refractivity contribution in [2.24, 2.45) is 11.5 Å². The van der Waals surface area contributed by atoms with E-state index in [1.807, 2.05) is 91.0 Å². The minimum atomic E-state index is -0.621. The van der Waals surface area contributed by atoms with Crippen molar-refractivity contribution in [3.8, 4) is 0 Å². The lowest BCUT2D eigenvalue weighted by atomic mass is 9.78. The lowest BCUT2D eigenvalue weighted by molar-refractivity contribution is 0.653. The van der Waals surface area contributed by atoms with Crippen LogP contribution in [0.15, 0.2) is 152 Å². The molecule has 0 heterocycles. The third kappa shape index (κ3) is 5.32. The molecule has 0 saturated carbocycles. The largest absolute Gasteiger partial charge is 0.320 e. The molecule has 0 aliphatic rings. The number of nitrogens with two attached hydrogens (primary N) is 2. The molecular formula is C32H30N2. The SMILES string of the molecule is NC(c1ccccc1)(c1ccccc1)c1ccccc1.NC(c1ccccc1)c1ccccc1. The molecule has 5 aromatic rings. The second-order valence-electron chi connectivity index (χ2n) is 8.21. The van der Waals surface area contributed by atoms with Crippen LogP contribution in [0.2, 0.25) is 0 Å². The van der Waals surface area contributed by atoms with Gasteiger partial charge in [0.2, 0.25) is 0 Å². The Bertz CT molecular complexity index is 1100. The van der Waals surface area contributed by atoms with Crippen LogP contribution in [0.4, 0.5) is 0 Å². The Morgan fingerprint density at radius 1 is 0.382 bits per heavy atom. The summed E-state index contributed by atoms with van der Waals surface area (Å²) in [4.78, 5) is 0. The smallest absolute Gasteiger partial charge is 0.0922 e. The molecule has 0 aromatic heterocycles. The molecule has 168 valence electrons. The monoisotopic (exact) mass is 442 g/mol. The summed E-state index contributed by atoms with van der Waals surface area (Å²) < 4.78 is 0. The van der Waals surface area contributed by atoms with E-state index in [0.29, 0.717) is 0 Å². The summed E-state index contributed by atoms with van der Waals surface area (Å²) in [6.45, 7) is 0. The molecular weight excluding hydrogens is 412 g/mol. The second-order valence-corrected chi connectivity index (χ2v) is 8.21. The Kier molecular flexibility index (Phi) is 7.67. The van der Waals surface area contributed by atoms with Gasteiger partial charge in [0.15, 0.2) is 0 Å². The van der Waals surface area contributed by atoms with Gasteiger partial charge in [-0.3, -0.25) is 0 Å². The molecule has 0 amide bonds. The van der Waals surface area contributed by atoms with E-state index < -0.39 is 5.54 Å². The van der Waals surface area contributed by atoms with Crippen molar-refractivity contribution in [1.29, 1.82) is 0 Å². The van der Waals surface area contributed by atoms with E-state index in [1.54, 1.807) is 0 Å². The van der Waals surface area contributed by atoms with E-state index in [-0.39, 0.29) is 6.04 Å². The topological polar surface area (TPSA) is 52.0 Å². The molecule has 0 radical (unpaired) electrons. The van der Waals surface area contributed by atoms with Crippen molar-refractivity contribution in [1.82, 2.24) is 0 Å². The average Bonchev–Trinajstić information content (AvgIpc) is 2.95. The maximum Gasteiger partial charge on any atom is 0.0922 e. The summed E-state index contributed by atoms with van der Waals surface area (Å²) in [7, 11) is 0. The molecule has 5 rings (SSSR count). The summed E-state index contributed by atoms with van der Waals surface area (Å²) in [5.74, 6) is 0. The highest BCUT2D eigenvalue weighted by atomic mass is 14.7. The van der Waals surface area contributed by atoms with Gasteiger partial charge in [-0.25, -0.2) is 0 Å². The van der Waals surface area contributed by atoms with Crippen LogP contribution in [-0.2, 0) is 5.54 Å². The van der Waals surface area contributed by atoms with E-state index in [0.717, 1.165) is 27.8 Å². The highest BCUT2D eigenvalue weighted by molar-refractivity contribution is 5.48. The van der Waals surface area contributed by atoms with E-state index in [9.17, 15) is 0 Å². The maximum atomic E-state index is 6.86. The Morgan fingerprint density at radius 2 is 0.618 bits per heavy atom. The van der Waals surface area contributed by atoms with Crippen LogP contribution >= 0.6 is 0 Å². The van der Waals surface area contributed by atoms with Gasteiger partial charge in [0, 0.05) is 0 Å². The van der Waals surface area contributed by atoms with Crippen molar-refractivity contribution >= 4 is 0 Å². The van der Waals surface area contributed by atoms with Crippen LogP contribution in [0.25, 0.3) is 0 Å². The molecule has 34 heavy (non-hydrogen) atoms. The minimum absolute atomic E-state index is 0.0163. The number of rotatable bonds is 5. The molecule has 0 atom stereocenters. The van der Waals surface area contributed by atoms with Gasteiger partial charge < -0.3 is 11.5 Å². The fourth-order valence-electron chi connectivity index (χ4n) is 4.12. The van der Waals surface area contributed by atoms with Gasteiger partial charge in [-0.15, -0.1) is 0 Å². The first-order chi connectivity index (χ1) is 16.7. The lowest BCUT2D eigenvalue weighted by Crippen LogP contribution is -2.39. The zero-order chi connectivity index (χ0) is 23.6. The molecule has 5 aromatic carbocycles. The molecule has 0 spiro atoms. The van der Waals surface area contributed by atoms with Gasteiger partial charge in [-0.1, -0.05) is 152 Å². The van der Waals surface area contributed by atoms with Crippen LogP contribution in [0.5, 0.6) is 0 Å². The van der Waals surface area contributed by atoms with Gasteiger partial charge in [0.25, 0.3) is 0 Å². The first-order valence-corrected chi connectivity index (χ1v) is 11.5. The Hall–Kier alpha value is -3.98.